The Bertz CT molecular complexity index is 474. The third kappa shape index (κ3) is 4.84. The van der Waals surface area contributed by atoms with Crippen molar-refractivity contribution in [1.82, 2.24) is 0 Å². The fourth-order valence-corrected chi connectivity index (χ4v) is 2.57. The Kier molecular flexibility index (Phi) is 5.85. The summed E-state index contributed by atoms with van der Waals surface area (Å²) in [4.78, 5) is 12.2. The van der Waals surface area contributed by atoms with Crippen molar-refractivity contribution >= 4 is 5.78 Å². The first-order valence-corrected chi connectivity index (χ1v) is 7.67. The lowest BCUT2D eigenvalue weighted by Gasteiger charge is -2.11. The number of ketones is 1. The summed E-state index contributed by atoms with van der Waals surface area (Å²) in [6.45, 7) is 2.51. The molecule has 0 atom stereocenters. The van der Waals surface area contributed by atoms with E-state index in [4.69, 9.17) is 4.74 Å². The van der Waals surface area contributed by atoms with Gasteiger partial charge in [0.05, 0.1) is 6.61 Å². The lowest BCUT2D eigenvalue weighted by Crippen LogP contribution is -2.10. The van der Waals surface area contributed by atoms with Gasteiger partial charge in [0.25, 0.3) is 0 Å². The van der Waals surface area contributed by atoms with Gasteiger partial charge < -0.3 is 4.74 Å². The molecule has 0 bridgehead atoms. The quantitative estimate of drug-likeness (QED) is 0.782. The Morgan fingerprint density at radius 2 is 2.05 bits per heavy atom. The highest BCUT2D eigenvalue weighted by Crippen LogP contribution is 2.19. The highest BCUT2D eigenvalue weighted by molar-refractivity contribution is 5.95. The Balaban J connectivity index is 1.79. The summed E-state index contributed by atoms with van der Waals surface area (Å²) in [5.74, 6) is 1.11. The topological polar surface area (TPSA) is 26.3 Å². The summed E-state index contributed by atoms with van der Waals surface area (Å²) >= 11 is 0. The Morgan fingerprint density at radius 3 is 2.90 bits per heavy atom. The zero-order chi connectivity index (χ0) is 14.2. The maximum absolute atomic E-state index is 12.2. The summed E-state index contributed by atoms with van der Waals surface area (Å²) < 4.78 is 5.66. The second-order valence-corrected chi connectivity index (χ2v) is 5.52. The Labute approximate surface area is 121 Å². The van der Waals surface area contributed by atoms with E-state index in [0.717, 1.165) is 30.6 Å². The highest BCUT2D eigenvalue weighted by atomic mass is 16.5. The normalized spacial score (nSPS) is 18.6. The minimum atomic E-state index is 0.263. The lowest BCUT2D eigenvalue weighted by molar-refractivity contribution is -0.116. The van der Waals surface area contributed by atoms with Crippen LogP contribution < -0.4 is 4.74 Å². The molecule has 0 spiro atoms. The van der Waals surface area contributed by atoms with E-state index in [0.29, 0.717) is 13.0 Å². The molecule has 0 aliphatic heterocycles. The van der Waals surface area contributed by atoms with Crippen molar-refractivity contribution in [2.24, 2.45) is 0 Å². The zero-order valence-corrected chi connectivity index (χ0v) is 12.4. The molecule has 0 saturated heterocycles. The molecule has 0 radical (unpaired) electrons. The number of hydrogen-bond acceptors (Lipinski definition) is 2. The molecule has 1 aromatic rings. The smallest absolute Gasteiger partial charge is 0.161 e. The summed E-state index contributed by atoms with van der Waals surface area (Å²) in [5.41, 5.74) is 2.20. The molecule has 1 aromatic carbocycles. The van der Waals surface area contributed by atoms with E-state index >= 15 is 0 Å². The maximum atomic E-state index is 12.2. The molecular formula is C18H24O2. The third-order valence-electron chi connectivity index (χ3n) is 3.74. The van der Waals surface area contributed by atoms with Crippen LogP contribution in [0.2, 0.25) is 0 Å². The van der Waals surface area contributed by atoms with Crippen molar-refractivity contribution in [3.8, 4) is 5.75 Å². The van der Waals surface area contributed by atoms with E-state index in [1.54, 1.807) is 0 Å². The summed E-state index contributed by atoms with van der Waals surface area (Å²) in [7, 11) is 0. The van der Waals surface area contributed by atoms with Crippen LogP contribution in [-0.4, -0.2) is 12.4 Å². The van der Waals surface area contributed by atoms with Crippen LogP contribution in [0.4, 0.5) is 0 Å². The first-order chi connectivity index (χ1) is 9.75. The molecule has 0 aromatic heterocycles. The van der Waals surface area contributed by atoms with Crippen molar-refractivity contribution in [2.45, 2.75) is 51.9 Å². The zero-order valence-electron chi connectivity index (χ0n) is 12.4. The Morgan fingerprint density at radius 1 is 1.20 bits per heavy atom. The van der Waals surface area contributed by atoms with Gasteiger partial charge in [-0.05, 0) is 55.9 Å². The van der Waals surface area contributed by atoms with Crippen molar-refractivity contribution in [2.75, 3.05) is 6.61 Å². The average Bonchev–Trinajstić information content (AvgIpc) is 2.38. The molecule has 0 fully saturated rings. The molecule has 2 heteroatoms. The predicted octanol–water partition coefficient (Wildman–Crippen LogP) is 4.61. The molecule has 0 heterocycles. The van der Waals surface area contributed by atoms with Crippen molar-refractivity contribution in [3.05, 3.63) is 41.5 Å². The standard InChI is InChI=1S/C18H24O2/c1-15-8-7-11-17(14-15)20-13-12-18(19)16-9-5-3-2-4-6-10-16/h7-9,11,14H,2-6,10,12-13H2,1H3/b16-9+. The molecule has 20 heavy (non-hydrogen) atoms. The number of carbonyl (C=O) groups is 1. The number of Topliss-reactive ketones (excluding diaryl/α,β-unsaturated/α-hetero) is 1. The van der Waals surface area contributed by atoms with Crippen LogP contribution in [0.15, 0.2) is 35.9 Å². The second kappa shape index (κ2) is 7.88. The molecule has 0 N–H and O–H groups in total. The van der Waals surface area contributed by atoms with Crippen LogP contribution in [0.1, 0.15) is 50.5 Å². The molecule has 0 saturated carbocycles. The average molecular weight is 272 g/mol. The first kappa shape index (κ1) is 14.8. The number of rotatable bonds is 5. The fourth-order valence-electron chi connectivity index (χ4n) is 2.57. The van der Waals surface area contributed by atoms with Crippen LogP contribution in [0.25, 0.3) is 0 Å². The minimum absolute atomic E-state index is 0.263. The van der Waals surface area contributed by atoms with Crippen molar-refractivity contribution in [3.63, 3.8) is 0 Å². The van der Waals surface area contributed by atoms with Gasteiger partial charge in [0.2, 0.25) is 0 Å². The third-order valence-corrected chi connectivity index (χ3v) is 3.74. The van der Waals surface area contributed by atoms with E-state index in [1.165, 1.54) is 24.8 Å². The van der Waals surface area contributed by atoms with Gasteiger partial charge >= 0.3 is 0 Å². The van der Waals surface area contributed by atoms with Crippen LogP contribution in [0.3, 0.4) is 0 Å². The molecule has 1 aliphatic rings. The van der Waals surface area contributed by atoms with Crippen LogP contribution in [0, 0.1) is 6.92 Å². The second-order valence-electron chi connectivity index (χ2n) is 5.52. The van der Waals surface area contributed by atoms with Gasteiger partial charge in [-0.2, -0.15) is 0 Å². The summed E-state index contributed by atoms with van der Waals surface area (Å²) in [5, 5.41) is 0. The number of carbonyl (C=O) groups excluding carboxylic acids is 1. The van der Waals surface area contributed by atoms with Gasteiger partial charge in [-0.15, -0.1) is 0 Å². The molecule has 2 rings (SSSR count). The first-order valence-electron chi connectivity index (χ1n) is 7.67. The molecule has 2 nitrogen and oxygen atoms in total. The van der Waals surface area contributed by atoms with Gasteiger partial charge in [0, 0.05) is 6.42 Å². The highest BCUT2D eigenvalue weighted by Gasteiger charge is 2.11. The molecule has 108 valence electrons. The number of hydrogen-bond donors (Lipinski definition) is 0. The number of allylic oxidation sites excluding steroid dienone is 2. The number of ether oxygens (including phenoxy) is 1. The maximum Gasteiger partial charge on any atom is 0.161 e. The van der Waals surface area contributed by atoms with Gasteiger partial charge in [0.1, 0.15) is 5.75 Å². The SMILES string of the molecule is Cc1cccc(OCCC(=O)/C2=C/CCCCCC2)c1. The van der Waals surface area contributed by atoms with Gasteiger partial charge in [0.15, 0.2) is 5.78 Å². The number of aryl methyl sites for hydroxylation is 1. The molecule has 0 unspecified atom stereocenters. The van der Waals surface area contributed by atoms with Gasteiger partial charge in [-0.1, -0.05) is 31.1 Å². The van der Waals surface area contributed by atoms with Crippen molar-refractivity contribution < 1.29 is 9.53 Å². The van der Waals surface area contributed by atoms with Gasteiger partial charge in [-0.25, -0.2) is 0 Å². The molecule has 1 aliphatic carbocycles. The van der Waals surface area contributed by atoms with Crippen LogP contribution >= 0.6 is 0 Å². The summed E-state index contributed by atoms with van der Waals surface area (Å²) in [6.07, 6.45) is 9.56. The summed E-state index contributed by atoms with van der Waals surface area (Å²) in [6, 6.07) is 7.95. The minimum Gasteiger partial charge on any atom is -0.493 e. The number of benzene rings is 1. The van der Waals surface area contributed by atoms with E-state index < -0.39 is 0 Å². The van der Waals surface area contributed by atoms with E-state index in [-0.39, 0.29) is 5.78 Å². The van der Waals surface area contributed by atoms with Crippen LogP contribution in [-0.2, 0) is 4.79 Å². The predicted molar refractivity (Wildman–Crippen MR) is 82.1 cm³/mol. The largest absolute Gasteiger partial charge is 0.493 e. The fraction of sp³-hybridized carbons (Fsp3) is 0.500. The van der Waals surface area contributed by atoms with E-state index in [9.17, 15) is 4.79 Å². The Hall–Kier alpha value is -1.57. The van der Waals surface area contributed by atoms with E-state index in [2.05, 4.69) is 6.08 Å². The lowest BCUT2D eigenvalue weighted by atomic mass is 9.96. The monoisotopic (exact) mass is 272 g/mol. The van der Waals surface area contributed by atoms with Crippen LogP contribution in [0.5, 0.6) is 5.75 Å². The van der Waals surface area contributed by atoms with Crippen molar-refractivity contribution in [1.29, 1.82) is 0 Å². The molecule has 0 amide bonds. The van der Waals surface area contributed by atoms with Gasteiger partial charge in [-0.3, -0.25) is 4.79 Å². The van der Waals surface area contributed by atoms with E-state index in [1.807, 2.05) is 31.2 Å². The molecular weight excluding hydrogens is 248 g/mol.